The number of benzene rings is 2. The molecule has 0 N–H and O–H groups in total. The number of hydrogen-bond donors (Lipinski definition) is 0. The zero-order chi connectivity index (χ0) is 16.1. The Kier molecular flexibility index (Phi) is 4.67. The molecule has 0 fully saturated rings. The monoisotopic (exact) mass is 304 g/mol. The summed E-state index contributed by atoms with van der Waals surface area (Å²) in [6.07, 6.45) is 0.855. The SMILES string of the molecule is CCN(CCc1ccccc1)C(=O)c1ccc2ccccc2n1. The minimum atomic E-state index is -0.00539. The van der Waals surface area contributed by atoms with Gasteiger partial charge in [-0.25, -0.2) is 4.98 Å². The second kappa shape index (κ2) is 7.05. The van der Waals surface area contributed by atoms with Gasteiger partial charge in [0, 0.05) is 18.5 Å². The number of nitrogens with zero attached hydrogens (tertiary/aromatic N) is 2. The Bertz CT molecular complexity index is 799. The van der Waals surface area contributed by atoms with Gasteiger partial charge in [-0.05, 0) is 31.0 Å². The molecular weight excluding hydrogens is 284 g/mol. The lowest BCUT2D eigenvalue weighted by molar-refractivity contribution is 0.0761. The van der Waals surface area contributed by atoms with E-state index in [4.69, 9.17) is 0 Å². The molecule has 0 unspecified atom stereocenters. The van der Waals surface area contributed by atoms with Crippen LogP contribution in [0.1, 0.15) is 23.0 Å². The van der Waals surface area contributed by atoms with Gasteiger partial charge in [0.2, 0.25) is 0 Å². The van der Waals surface area contributed by atoms with Gasteiger partial charge in [0.15, 0.2) is 0 Å². The summed E-state index contributed by atoms with van der Waals surface area (Å²) in [4.78, 5) is 19.1. The van der Waals surface area contributed by atoms with E-state index in [-0.39, 0.29) is 5.91 Å². The van der Waals surface area contributed by atoms with Crippen molar-refractivity contribution in [2.24, 2.45) is 0 Å². The number of hydrogen-bond acceptors (Lipinski definition) is 2. The lowest BCUT2D eigenvalue weighted by Gasteiger charge is -2.20. The summed E-state index contributed by atoms with van der Waals surface area (Å²) in [5.41, 5.74) is 2.61. The molecule has 0 spiro atoms. The number of para-hydroxylation sites is 1. The largest absolute Gasteiger partial charge is 0.337 e. The number of amides is 1. The quantitative estimate of drug-likeness (QED) is 0.715. The summed E-state index contributed by atoms with van der Waals surface area (Å²) >= 11 is 0. The molecule has 0 saturated carbocycles. The maximum atomic E-state index is 12.7. The molecule has 3 rings (SSSR count). The molecule has 1 heterocycles. The molecule has 1 amide bonds. The standard InChI is InChI=1S/C20H20N2O/c1-2-22(15-14-16-8-4-3-5-9-16)20(23)19-13-12-17-10-6-7-11-18(17)21-19/h3-13H,2,14-15H2,1H3. The number of pyridine rings is 1. The fourth-order valence-electron chi connectivity index (χ4n) is 2.66. The number of carbonyl (C=O) groups excluding carboxylic acids is 1. The van der Waals surface area contributed by atoms with Crippen LogP contribution in [0.5, 0.6) is 0 Å². The summed E-state index contributed by atoms with van der Waals surface area (Å²) in [6.45, 7) is 3.39. The summed E-state index contributed by atoms with van der Waals surface area (Å²) in [5.74, 6) is -0.00539. The van der Waals surface area contributed by atoms with Gasteiger partial charge in [-0.2, -0.15) is 0 Å². The van der Waals surface area contributed by atoms with Crippen LogP contribution in [0, 0.1) is 0 Å². The van der Waals surface area contributed by atoms with Crippen molar-refractivity contribution in [3.63, 3.8) is 0 Å². The normalized spacial score (nSPS) is 10.7. The second-order valence-corrected chi connectivity index (χ2v) is 5.51. The molecule has 3 nitrogen and oxygen atoms in total. The van der Waals surface area contributed by atoms with Crippen LogP contribution in [-0.4, -0.2) is 28.9 Å². The van der Waals surface area contributed by atoms with Crippen LogP contribution in [0.4, 0.5) is 0 Å². The first-order chi connectivity index (χ1) is 11.3. The van der Waals surface area contributed by atoms with E-state index in [1.807, 2.05) is 66.4 Å². The third-order valence-electron chi connectivity index (χ3n) is 4.00. The highest BCUT2D eigenvalue weighted by Gasteiger charge is 2.15. The molecular formula is C20H20N2O. The Labute approximate surface area is 136 Å². The highest BCUT2D eigenvalue weighted by Crippen LogP contribution is 2.13. The molecule has 3 aromatic rings. The molecule has 3 heteroatoms. The van der Waals surface area contributed by atoms with Crippen molar-refractivity contribution < 1.29 is 4.79 Å². The molecule has 116 valence electrons. The minimum absolute atomic E-state index is 0.00539. The number of likely N-dealkylation sites (N-methyl/N-ethyl adjacent to an activating group) is 1. The molecule has 0 aliphatic rings. The van der Waals surface area contributed by atoms with Gasteiger partial charge in [-0.15, -0.1) is 0 Å². The van der Waals surface area contributed by atoms with Crippen LogP contribution < -0.4 is 0 Å². The molecule has 0 bridgehead atoms. The minimum Gasteiger partial charge on any atom is -0.337 e. The first-order valence-corrected chi connectivity index (χ1v) is 7.97. The van der Waals surface area contributed by atoms with E-state index in [1.165, 1.54) is 5.56 Å². The number of carbonyl (C=O) groups is 1. The Hall–Kier alpha value is -2.68. The topological polar surface area (TPSA) is 33.2 Å². The lowest BCUT2D eigenvalue weighted by atomic mass is 10.1. The Morgan fingerprint density at radius 3 is 2.48 bits per heavy atom. The van der Waals surface area contributed by atoms with Crippen molar-refractivity contribution >= 4 is 16.8 Å². The van der Waals surface area contributed by atoms with Gasteiger partial charge in [-0.3, -0.25) is 4.79 Å². The predicted octanol–water partition coefficient (Wildman–Crippen LogP) is 3.94. The molecule has 23 heavy (non-hydrogen) atoms. The van der Waals surface area contributed by atoms with Gasteiger partial charge < -0.3 is 4.90 Å². The first-order valence-electron chi connectivity index (χ1n) is 7.97. The molecule has 0 atom stereocenters. The summed E-state index contributed by atoms with van der Waals surface area (Å²) < 4.78 is 0. The van der Waals surface area contributed by atoms with E-state index in [1.54, 1.807) is 0 Å². The van der Waals surface area contributed by atoms with Crippen molar-refractivity contribution in [2.75, 3.05) is 13.1 Å². The molecule has 0 aliphatic heterocycles. The molecule has 2 aromatic carbocycles. The highest BCUT2D eigenvalue weighted by atomic mass is 16.2. The van der Waals surface area contributed by atoms with Crippen molar-refractivity contribution in [1.29, 1.82) is 0 Å². The van der Waals surface area contributed by atoms with E-state index in [0.717, 1.165) is 17.3 Å². The summed E-state index contributed by atoms with van der Waals surface area (Å²) in [6, 6.07) is 21.9. The van der Waals surface area contributed by atoms with Gasteiger partial charge in [-0.1, -0.05) is 54.6 Å². The zero-order valence-electron chi connectivity index (χ0n) is 13.3. The Balaban J connectivity index is 1.75. The third-order valence-corrected chi connectivity index (χ3v) is 4.00. The van der Waals surface area contributed by atoms with Gasteiger partial charge >= 0.3 is 0 Å². The maximum Gasteiger partial charge on any atom is 0.272 e. The second-order valence-electron chi connectivity index (χ2n) is 5.51. The number of rotatable bonds is 5. The third kappa shape index (κ3) is 3.57. The first kappa shape index (κ1) is 15.2. The molecule has 1 aromatic heterocycles. The maximum absolute atomic E-state index is 12.7. The summed E-state index contributed by atoms with van der Waals surface area (Å²) in [5, 5.41) is 1.05. The lowest BCUT2D eigenvalue weighted by Crippen LogP contribution is -2.33. The van der Waals surface area contributed by atoms with Gasteiger partial charge in [0.05, 0.1) is 5.52 Å². The number of fused-ring (bicyclic) bond motifs is 1. The van der Waals surface area contributed by atoms with E-state index in [2.05, 4.69) is 17.1 Å². The van der Waals surface area contributed by atoms with E-state index >= 15 is 0 Å². The van der Waals surface area contributed by atoms with Crippen LogP contribution in [0.25, 0.3) is 10.9 Å². The predicted molar refractivity (Wildman–Crippen MR) is 93.5 cm³/mol. The Morgan fingerprint density at radius 2 is 1.70 bits per heavy atom. The van der Waals surface area contributed by atoms with E-state index in [9.17, 15) is 4.79 Å². The Morgan fingerprint density at radius 1 is 0.957 bits per heavy atom. The van der Waals surface area contributed by atoms with Gasteiger partial charge in [0.1, 0.15) is 5.69 Å². The van der Waals surface area contributed by atoms with E-state index in [0.29, 0.717) is 18.8 Å². The van der Waals surface area contributed by atoms with Crippen LogP contribution in [-0.2, 0) is 6.42 Å². The van der Waals surface area contributed by atoms with Crippen molar-refractivity contribution in [2.45, 2.75) is 13.3 Å². The average molecular weight is 304 g/mol. The zero-order valence-corrected chi connectivity index (χ0v) is 13.3. The fourth-order valence-corrected chi connectivity index (χ4v) is 2.66. The number of aromatic nitrogens is 1. The van der Waals surface area contributed by atoms with Crippen molar-refractivity contribution in [1.82, 2.24) is 9.88 Å². The van der Waals surface area contributed by atoms with E-state index < -0.39 is 0 Å². The van der Waals surface area contributed by atoms with Crippen molar-refractivity contribution in [3.05, 3.63) is 78.0 Å². The van der Waals surface area contributed by atoms with Crippen LogP contribution in [0.2, 0.25) is 0 Å². The summed E-state index contributed by atoms with van der Waals surface area (Å²) in [7, 11) is 0. The smallest absolute Gasteiger partial charge is 0.272 e. The molecule has 0 aliphatic carbocycles. The van der Waals surface area contributed by atoms with Crippen molar-refractivity contribution in [3.8, 4) is 0 Å². The molecule has 0 saturated heterocycles. The van der Waals surface area contributed by atoms with Crippen LogP contribution >= 0.6 is 0 Å². The molecule has 0 radical (unpaired) electrons. The van der Waals surface area contributed by atoms with Crippen LogP contribution in [0.15, 0.2) is 66.7 Å². The average Bonchev–Trinajstić information content (AvgIpc) is 2.62. The fraction of sp³-hybridized carbons (Fsp3) is 0.200. The van der Waals surface area contributed by atoms with Crippen LogP contribution in [0.3, 0.4) is 0 Å². The highest BCUT2D eigenvalue weighted by molar-refractivity contribution is 5.94. The van der Waals surface area contributed by atoms with Gasteiger partial charge in [0.25, 0.3) is 5.91 Å².